The molecule has 1 fully saturated rings. The van der Waals surface area contributed by atoms with Crippen molar-refractivity contribution in [2.75, 3.05) is 43.7 Å². The van der Waals surface area contributed by atoms with Gasteiger partial charge in [0.15, 0.2) is 0 Å². The molecule has 2 aliphatic rings. The molecule has 1 unspecified atom stereocenters. The summed E-state index contributed by atoms with van der Waals surface area (Å²) in [7, 11) is 3.48. The summed E-state index contributed by atoms with van der Waals surface area (Å²) in [4.78, 5) is 30.4. The molecule has 1 N–H and O–H groups in total. The zero-order valence-corrected chi connectivity index (χ0v) is 21.6. The van der Waals surface area contributed by atoms with Crippen LogP contribution in [0.15, 0.2) is 72.3 Å². The van der Waals surface area contributed by atoms with E-state index in [4.69, 9.17) is 14.2 Å². The fourth-order valence-electron chi connectivity index (χ4n) is 4.79. The van der Waals surface area contributed by atoms with Crippen LogP contribution in [0.2, 0.25) is 0 Å². The molecular formula is C30H30N2O6. The van der Waals surface area contributed by atoms with E-state index in [0.29, 0.717) is 53.8 Å². The van der Waals surface area contributed by atoms with Crippen molar-refractivity contribution in [2.24, 2.45) is 0 Å². The third kappa shape index (κ3) is 4.53. The molecule has 3 aromatic rings. The highest BCUT2D eigenvalue weighted by molar-refractivity contribution is 6.51. The average Bonchev–Trinajstić information content (AvgIpc) is 3.21. The number of carbonyl (C=O) groups excluding carboxylic acids is 2. The number of aliphatic hydroxyl groups is 1. The number of fused-ring (bicyclic) bond motifs is 1. The van der Waals surface area contributed by atoms with Gasteiger partial charge in [0.1, 0.15) is 29.6 Å². The summed E-state index contributed by atoms with van der Waals surface area (Å²) in [5.41, 5.74) is 2.39. The van der Waals surface area contributed by atoms with Crippen molar-refractivity contribution in [3.05, 3.63) is 83.4 Å². The third-order valence-corrected chi connectivity index (χ3v) is 6.77. The van der Waals surface area contributed by atoms with Gasteiger partial charge in [0.25, 0.3) is 11.7 Å². The van der Waals surface area contributed by atoms with Gasteiger partial charge in [0.05, 0.1) is 37.6 Å². The van der Waals surface area contributed by atoms with Crippen molar-refractivity contribution in [3.63, 3.8) is 0 Å². The first-order valence-electron chi connectivity index (χ1n) is 12.6. The highest BCUT2D eigenvalue weighted by atomic mass is 16.5. The molecule has 1 saturated heterocycles. The van der Waals surface area contributed by atoms with Crippen LogP contribution in [0.4, 0.5) is 11.4 Å². The fraction of sp³-hybridized carbons (Fsp3) is 0.267. The zero-order valence-electron chi connectivity index (χ0n) is 21.6. The second-order valence-electron chi connectivity index (χ2n) is 9.24. The van der Waals surface area contributed by atoms with Crippen LogP contribution in [0.3, 0.4) is 0 Å². The first kappa shape index (κ1) is 25.2. The Balaban J connectivity index is 1.65. The molecule has 0 saturated carbocycles. The molecule has 196 valence electrons. The quantitative estimate of drug-likeness (QED) is 0.271. The lowest BCUT2D eigenvalue weighted by Crippen LogP contribution is -2.29. The van der Waals surface area contributed by atoms with Crippen molar-refractivity contribution in [1.82, 2.24) is 0 Å². The number of ether oxygens (including phenoxy) is 3. The minimum Gasteiger partial charge on any atom is -0.507 e. The van der Waals surface area contributed by atoms with Gasteiger partial charge >= 0.3 is 0 Å². The molecule has 0 bridgehead atoms. The van der Waals surface area contributed by atoms with E-state index in [0.717, 1.165) is 12.1 Å². The number of likely N-dealkylation sites (N-methyl/N-ethyl adjacent to an activating group) is 1. The number of rotatable bonds is 7. The Bertz CT molecular complexity index is 1400. The Morgan fingerprint density at radius 1 is 1.05 bits per heavy atom. The van der Waals surface area contributed by atoms with Gasteiger partial charge in [-0.2, -0.15) is 0 Å². The molecule has 1 amide bonds. The second-order valence-corrected chi connectivity index (χ2v) is 9.24. The number of hydrogen-bond acceptors (Lipinski definition) is 7. The Morgan fingerprint density at radius 2 is 1.84 bits per heavy atom. The summed E-state index contributed by atoms with van der Waals surface area (Å²) < 4.78 is 16.8. The van der Waals surface area contributed by atoms with Crippen molar-refractivity contribution >= 4 is 28.8 Å². The SMILES string of the molecule is CCCOc1ccc(C2/C(=C(/O)c3ccc4c(c3)N(C)CCO4)C(=O)C(=O)N2c2cccc(OC)c2)cc1. The average molecular weight is 515 g/mol. The van der Waals surface area contributed by atoms with Crippen molar-refractivity contribution in [2.45, 2.75) is 19.4 Å². The maximum Gasteiger partial charge on any atom is 0.300 e. The smallest absolute Gasteiger partial charge is 0.300 e. The van der Waals surface area contributed by atoms with Gasteiger partial charge in [0, 0.05) is 24.4 Å². The number of carbonyl (C=O) groups is 2. The topological polar surface area (TPSA) is 88.5 Å². The van der Waals surface area contributed by atoms with Crippen LogP contribution in [0.5, 0.6) is 17.2 Å². The Labute approximate surface area is 221 Å². The van der Waals surface area contributed by atoms with E-state index in [9.17, 15) is 14.7 Å². The molecule has 2 aliphatic heterocycles. The van der Waals surface area contributed by atoms with Crippen LogP contribution in [0, 0.1) is 0 Å². The lowest BCUT2D eigenvalue weighted by Gasteiger charge is -2.28. The van der Waals surface area contributed by atoms with E-state index in [1.807, 2.05) is 43.1 Å². The monoisotopic (exact) mass is 514 g/mol. The molecule has 1 atom stereocenters. The highest BCUT2D eigenvalue weighted by Gasteiger charge is 2.47. The van der Waals surface area contributed by atoms with Gasteiger partial charge in [-0.25, -0.2) is 0 Å². The molecule has 8 nitrogen and oxygen atoms in total. The maximum atomic E-state index is 13.5. The van der Waals surface area contributed by atoms with Crippen molar-refractivity contribution < 1.29 is 28.9 Å². The van der Waals surface area contributed by atoms with Crippen molar-refractivity contribution in [3.8, 4) is 17.2 Å². The molecule has 2 heterocycles. The van der Waals surface area contributed by atoms with Crippen LogP contribution in [-0.2, 0) is 9.59 Å². The number of ketones is 1. The van der Waals surface area contributed by atoms with E-state index in [2.05, 4.69) is 0 Å². The van der Waals surface area contributed by atoms with Gasteiger partial charge in [-0.15, -0.1) is 0 Å². The summed E-state index contributed by atoms with van der Waals surface area (Å²) >= 11 is 0. The summed E-state index contributed by atoms with van der Waals surface area (Å²) in [6.07, 6.45) is 0.874. The maximum absolute atomic E-state index is 13.5. The fourth-order valence-corrected chi connectivity index (χ4v) is 4.79. The number of anilines is 2. The minimum absolute atomic E-state index is 0.0133. The molecule has 0 aromatic heterocycles. The number of Topliss-reactive ketones (excluding diaryl/α,β-unsaturated/α-hetero) is 1. The van der Waals surface area contributed by atoms with Gasteiger partial charge < -0.3 is 24.2 Å². The Kier molecular flexibility index (Phi) is 6.96. The minimum atomic E-state index is -0.854. The largest absolute Gasteiger partial charge is 0.507 e. The first-order chi connectivity index (χ1) is 18.4. The van der Waals surface area contributed by atoms with E-state index < -0.39 is 17.7 Å². The number of nitrogens with zero attached hydrogens (tertiary/aromatic N) is 2. The van der Waals surface area contributed by atoms with E-state index in [1.54, 1.807) is 42.5 Å². The summed E-state index contributed by atoms with van der Waals surface area (Å²) in [6, 6.07) is 18.6. The number of hydrogen-bond donors (Lipinski definition) is 1. The predicted octanol–water partition coefficient (Wildman–Crippen LogP) is 4.94. The predicted molar refractivity (Wildman–Crippen MR) is 145 cm³/mol. The van der Waals surface area contributed by atoms with Gasteiger partial charge in [0.2, 0.25) is 0 Å². The molecule has 0 aliphatic carbocycles. The Hall–Kier alpha value is -4.46. The lowest BCUT2D eigenvalue weighted by atomic mass is 9.94. The first-order valence-corrected chi connectivity index (χ1v) is 12.6. The van der Waals surface area contributed by atoms with Crippen molar-refractivity contribution in [1.29, 1.82) is 0 Å². The number of benzene rings is 3. The molecule has 3 aromatic carbocycles. The van der Waals surface area contributed by atoms with Crippen LogP contribution < -0.4 is 24.0 Å². The number of aliphatic hydroxyl groups excluding tert-OH is 1. The third-order valence-electron chi connectivity index (χ3n) is 6.77. The normalized spacial score (nSPS) is 18.2. The van der Waals surface area contributed by atoms with E-state index >= 15 is 0 Å². The van der Waals surface area contributed by atoms with Gasteiger partial charge in [-0.3, -0.25) is 14.5 Å². The van der Waals surface area contributed by atoms with Crippen LogP contribution in [0.1, 0.15) is 30.5 Å². The summed E-state index contributed by atoms with van der Waals surface area (Å²) in [6.45, 7) is 3.88. The highest BCUT2D eigenvalue weighted by Crippen LogP contribution is 2.44. The molecule has 0 radical (unpaired) electrons. The van der Waals surface area contributed by atoms with Crippen LogP contribution in [-0.4, -0.2) is 50.7 Å². The molecule has 5 rings (SSSR count). The number of methoxy groups -OCH3 is 1. The van der Waals surface area contributed by atoms with Crippen LogP contribution >= 0.6 is 0 Å². The zero-order chi connectivity index (χ0) is 26.8. The molecule has 38 heavy (non-hydrogen) atoms. The lowest BCUT2D eigenvalue weighted by molar-refractivity contribution is -0.132. The second kappa shape index (κ2) is 10.5. The molecule has 8 heteroatoms. The standard InChI is InChI=1S/C30H30N2O6/c1-4-15-37-22-11-8-19(9-12-22)27-26(28(33)20-10-13-25-24(17-20)31(2)14-16-38-25)29(34)30(35)32(27)21-6-5-7-23(18-21)36-3/h5-13,17-18,27,33H,4,14-16H2,1-3H3/b28-26-. The molecule has 0 spiro atoms. The van der Waals surface area contributed by atoms with E-state index in [-0.39, 0.29) is 11.3 Å². The molecular weight excluding hydrogens is 484 g/mol. The van der Waals surface area contributed by atoms with Crippen LogP contribution in [0.25, 0.3) is 5.76 Å². The summed E-state index contributed by atoms with van der Waals surface area (Å²) in [5, 5.41) is 11.5. The van der Waals surface area contributed by atoms with Gasteiger partial charge in [-0.1, -0.05) is 25.1 Å². The van der Waals surface area contributed by atoms with E-state index in [1.165, 1.54) is 12.0 Å². The Morgan fingerprint density at radius 3 is 2.58 bits per heavy atom. The number of amides is 1. The van der Waals surface area contributed by atoms with Gasteiger partial charge in [-0.05, 0) is 54.4 Å². The summed E-state index contributed by atoms with van der Waals surface area (Å²) in [5.74, 6) is 0.201.